The van der Waals surface area contributed by atoms with Gasteiger partial charge in [-0.1, -0.05) is 30.3 Å². The Kier molecular flexibility index (Phi) is 1.99. The van der Waals surface area contributed by atoms with Crippen molar-refractivity contribution in [2.24, 2.45) is 0 Å². The molecule has 0 saturated heterocycles. The first-order chi connectivity index (χ1) is 6.71. The van der Waals surface area contributed by atoms with E-state index in [0.717, 1.165) is 6.39 Å². The molecule has 2 aromatic rings. The Morgan fingerprint density at radius 2 is 1.86 bits per heavy atom. The molecule has 72 valence electrons. The van der Waals surface area contributed by atoms with Crippen molar-refractivity contribution in [1.29, 1.82) is 0 Å². The minimum atomic E-state index is -3.22. The summed E-state index contributed by atoms with van der Waals surface area (Å²) in [5, 5.41) is 6.41. The quantitative estimate of drug-likeness (QED) is 0.739. The zero-order valence-corrected chi connectivity index (χ0v) is 7.02. The monoisotopic (exact) mass is 196 g/mol. The molecule has 5 heteroatoms. The first-order valence-corrected chi connectivity index (χ1v) is 3.91. The van der Waals surface area contributed by atoms with Gasteiger partial charge in [0.15, 0.2) is 0 Å². The summed E-state index contributed by atoms with van der Waals surface area (Å²) in [4.78, 5) is 0. The van der Waals surface area contributed by atoms with Gasteiger partial charge in [-0.15, -0.1) is 10.2 Å². The van der Waals surface area contributed by atoms with E-state index in [1.54, 1.807) is 6.07 Å². The first-order valence-electron chi connectivity index (χ1n) is 3.91. The van der Waals surface area contributed by atoms with Gasteiger partial charge in [0.1, 0.15) is 0 Å². The Labute approximate surface area is 78.4 Å². The van der Waals surface area contributed by atoms with Crippen molar-refractivity contribution in [1.82, 2.24) is 10.2 Å². The van der Waals surface area contributed by atoms with Gasteiger partial charge in [0.05, 0.1) is 0 Å². The third-order valence-corrected chi connectivity index (χ3v) is 1.76. The summed E-state index contributed by atoms with van der Waals surface area (Å²) < 4.78 is 31.5. The number of hydrogen-bond acceptors (Lipinski definition) is 3. The van der Waals surface area contributed by atoms with Crippen LogP contribution in [0.4, 0.5) is 8.78 Å². The van der Waals surface area contributed by atoms with Crippen LogP contribution in [-0.4, -0.2) is 10.2 Å². The van der Waals surface area contributed by atoms with Crippen molar-refractivity contribution in [2.75, 3.05) is 0 Å². The predicted molar refractivity (Wildman–Crippen MR) is 43.7 cm³/mol. The van der Waals surface area contributed by atoms with Crippen LogP contribution in [0.25, 0.3) is 0 Å². The van der Waals surface area contributed by atoms with Gasteiger partial charge < -0.3 is 4.42 Å². The molecule has 0 unspecified atom stereocenters. The van der Waals surface area contributed by atoms with Crippen molar-refractivity contribution in [2.45, 2.75) is 5.92 Å². The Morgan fingerprint density at radius 3 is 2.43 bits per heavy atom. The first kappa shape index (κ1) is 8.80. The molecule has 0 bridgehead atoms. The lowest BCUT2D eigenvalue weighted by molar-refractivity contribution is 0.0130. The molecule has 14 heavy (non-hydrogen) atoms. The number of aromatic nitrogens is 2. The number of alkyl halides is 2. The molecule has 0 spiro atoms. The van der Waals surface area contributed by atoms with Crippen molar-refractivity contribution < 1.29 is 13.2 Å². The van der Waals surface area contributed by atoms with Gasteiger partial charge in [0, 0.05) is 5.56 Å². The normalized spacial score (nSPS) is 11.6. The Morgan fingerprint density at radius 1 is 1.14 bits per heavy atom. The van der Waals surface area contributed by atoms with Gasteiger partial charge >= 0.3 is 5.92 Å². The summed E-state index contributed by atoms with van der Waals surface area (Å²) in [6.07, 6.45) is 0.881. The minimum absolute atomic E-state index is 0.163. The second kappa shape index (κ2) is 3.17. The minimum Gasteiger partial charge on any atom is -0.422 e. The molecule has 1 aromatic carbocycles. The van der Waals surface area contributed by atoms with E-state index in [4.69, 9.17) is 0 Å². The van der Waals surface area contributed by atoms with Crippen molar-refractivity contribution >= 4 is 0 Å². The highest BCUT2D eigenvalue weighted by atomic mass is 19.3. The zero-order chi connectivity index (χ0) is 10.0. The van der Waals surface area contributed by atoms with Gasteiger partial charge in [0.2, 0.25) is 6.39 Å². The van der Waals surface area contributed by atoms with E-state index in [1.165, 1.54) is 24.3 Å². The molecule has 0 aliphatic rings. The van der Waals surface area contributed by atoms with Gasteiger partial charge in [0.25, 0.3) is 5.89 Å². The highest BCUT2D eigenvalue weighted by Crippen LogP contribution is 2.33. The smallest absolute Gasteiger partial charge is 0.349 e. The molecule has 0 atom stereocenters. The SMILES string of the molecule is FC(F)(c1ccccc1)c1nnco1. The molecule has 1 aromatic heterocycles. The van der Waals surface area contributed by atoms with Crippen molar-refractivity contribution in [3.63, 3.8) is 0 Å². The van der Waals surface area contributed by atoms with Crippen LogP contribution in [0.15, 0.2) is 41.1 Å². The standard InChI is InChI=1S/C9H6F2N2O/c10-9(11,8-13-12-6-14-8)7-4-2-1-3-5-7/h1-6H. The molecule has 0 aliphatic heterocycles. The Bertz CT molecular complexity index is 400. The fourth-order valence-electron chi connectivity index (χ4n) is 1.08. The summed E-state index contributed by atoms with van der Waals surface area (Å²) in [5.74, 6) is -3.92. The van der Waals surface area contributed by atoms with Crippen molar-refractivity contribution in [3.8, 4) is 0 Å². The fraction of sp³-hybridized carbons (Fsp3) is 0.111. The third kappa shape index (κ3) is 1.37. The number of nitrogens with zero attached hydrogens (tertiary/aromatic N) is 2. The summed E-state index contributed by atoms with van der Waals surface area (Å²) in [6.45, 7) is 0. The maximum Gasteiger partial charge on any atom is 0.349 e. The van der Waals surface area contributed by atoms with Crippen LogP contribution in [0.2, 0.25) is 0 Å². The van der Waals surface area contributed by atoms with Gasteiger partial charge in [-0.2, -0.15) is 8.78 Å². The molecule has 0 saturated carbocycles. The molecule has 3 nitrogen and oxygen atoms in total. The molecule has 2 rings (SSSR count). The van der Waals surface area contributed by atoms with E-state index in [1.807, 2.05) is 0 Å². The van der Waals surface area contributed by atoms with Crippen LogP contribution < -0.4 is 0 Å². The summed E-state index contributed by atoms with van der Waals surface area (Å²) in [6, 6.07) is 7.33. The van der Waals surface area contributed by atoms with Crippen LogP contribution in [0.1, 0.15) is 11.5 Å². The highest BCUT2D eigenvalue weighted by molar-refractivity contribution is 5.24. The largest absolute Gasteiger partial charge is 0.422 e. The summed E-state index contributed by atoms with van der Waals surface area (Å²) in [5.41, 5.74) is -0.163. The molecule has 1 heterocycles. The maximum atomic E-state index is 13.5. The second-order valence-corrected chi connectivity index (χ2v) is 2.68. The molecule has 0 aliphatic carbocycles. The van der Waals surface area contributed by atoms with E-state index < -0.39 is 11.8 Å². The third-order valence-electron chi connectivity index (χ3n) is 1.76. The van der Waals surface area contributed by atoms with Crippen molar-refractivity contribution in [3.05, 3.63) is 48.2 Å². The van der Waals surface area contributed by atoms with Crippen LogP contribution in [0, 0.1) is 0 Å². The Balaban J connectivity index is 2.43. The van der Waals surface area contributed by atoms with Crippen LogP contribution in [0.5, 0.6) is 0 Å². The van der Waals surface area contributed by atoms with Crippen LogP contribution >= 0.6 is 0 Å². The Hall–Kier alpha value is -1.78. The van der Waals surface area contributed by atoms with E-state index in [0.29, 0.717) is 0 Å². The number of rotatable bonds is 2. The number of halogens is 2. The molecule has 0 N–H and O–H groups in total. The lowest BCUT2D eigenvalue weighted by Gasteiger charge is -2.11. The lowest BCUT2D eigenvalue weighted by atomic mass is 10.1. The maximum absolute atomic E-state index is 13.5. The van der Waals surface area contributed by atoms with Gasteiger partial charge in [-0.05, 0) is 0 Å². The number of benzene rings is 1. The van der Waals surface area contributed by atoms with Gasteiger partial charge in [-0.3, -0.25) is 0 Å². The molecular weight excluding hydrogens is 190 g/mol. The van der Waals surface area contributed by atoms with Gasteiger partial charge in [-0.25, -0.2) is 0 Å². The van der Waals surface area contributed by atoms with Crippen LogP contribution in [0.3, 0.4) is 0 Å². The average Bonchev–Trinajstić information content (AvgIpc) is 2.72. The summed E-state index contributed by atoms with van der Waals surface area (Å²) >= 11 is 0. The molecule has 0 fully saturated rings. The summed E-state index contributed by atoms with van der Waals surface area (Å²) in [7, 11) is 0. The van der Waals surface area contributed by atoms with Crippen LogP contribution in [-0.2, 0) is 5.92 Å². The van der Waals surface area contributed by atoms with E-state index >= 15 is 0 Å². The second-order valence-electron chi connectivity index (χ2n) is 2.68. The molecule has 0 amide bonds. The van der Waals surface area contributed by atoms with E-state index in [9.17, 15) is 8.78 Å². The fourth-order valence-corrected chi connectivity index (χ4v) is 1.08. The van der Waals surface area contributed by atoms with E-state index in [2.05, 4.69) is 14.6 Å². The highest BCUT2D eigenvalue weighted by Gasteiger charge is 2.39. The zero-order valence-electron chi connectivity index (χ0n) is 7.02. The lowest BCUT2D eigenvalue weighted by Crippen LogP contribution is -2.15. The molecule has 0 radical (unpaired) electrons. The topological polar surface area (TPSA) is 38.9 Å². The average molecular weight is 196 g/mol. The van der Waals surface area contributed by atoms with E-state index in [-0.39, 0.29) is 5.56 Å². The number of hydrogen-bond donors (Lipinski definition) is 0. The predicted octanol–water partition coefficient (Wildman–Crippen LogP) is 2.21. The molecular formula is C9H6F2N2O.